The fourth-order valence-electron chi connectivity index (χ4n) is 2.91. The highest BCUT2D eigenvalue weighted by atomic mass is 35.5. The van der Waals surface area contributed by atoms with Crippen molar-refractivity contribution in [2.24, 2.45) is 0 Å². The normalized spacial score (nSPS) is 20.8. The lowest BCUT2D eigenvalue weighted by atomic mass is 10.0. The first kappa shape index (κ1) is 15.0. The van der Waals surface area contributed by atoms with Crippen LogP contribution in [0.4, 0.5) is 5.69 Å². The minimum absolute atomic E-state index is 0.407. The summed E-state index contributed by atoms with van der Waals surface area (Å²) in [6.45, 7) is 2.18. The highest BCUT2D eigenvalue weighted by molar-refractivity contribution is 8.03. The number of allylic oxidation sites excluding steroid dienone is 2. The monoisotopic (exact) mass is 320 g/mol. The van der Waals surface area contributed by atoms with Gasteiger partial charge in [-0.3, -0.25) is 0 Å². The first-order valence-electron chi connectivity index (χ1n) is 7.39. The van der Waals surface area contributed by atoms with Gasteiger partial charge in [0.15, 0.2) is 0 Å². The van der Waals surface area contributed by atoms with Crippen molar-refractivity contribution in [1.82, 2.24) is 4.90 Å². The van der Waals surface area contributed by atoms with Crippen LogP contribution in [-0.2, 0) is 0 Å². The topological polar surface area (TPSA) is 6.48 Å². The molecule has 1 aromatic carbocycles. The van der Waals surface area contributed by atoms with Crippen LogP contribution in [0.5, 0.6) is 0 Å². The first-order chi connectivity index (χ1) is 10.1. The smallest absolute Gasteiger partial charge is 0.0654 e. The van der Waals surface area contributed by atoms with Crippen molar-refractivity contribution in [3.8, 4) is 0 Å². The van der Waals surface area contributed by atoms with E-state index in [2.05, 4.69) is 54.2 Å². The molecule has 1 aliphatic carbocycles. The maximum atomic E-state index is 6.29. The van der Waals surface area contributed by atoms with E-state index < -0.39 is 0 Å². The Morgan fingerprint density at radius 3 is 2.90 bits per heavy atom. The average Bonchev–Trinajstić information content (AvgIpc) is 2.46. The number of benzene rings is 1. The molecule has 0 saturated heterocycles. The average molecular weight is 321 g/mol. The van der Waals surface area contributed by atoms with E-state index in [0.29, 0.717) is 6.04 Å². The van der Waals surface area contributed by atoms with E-state index in [4.69, 9.17) is 11.6 Å². The molecule has 112 valence electrons. The van der Waals surface area contributed by atoms with Gasteiger partial charge in [0.2, 0.25) is 0 Å². The van der Waals surface area contributed by atoms with E-state index in [1.165, 1.54) is 15.5 Å². The van der Waals surface area contributed by atoms with Gasteiger partial charge in [0.05, 0.1) is 11.7 Å². The summed E-state index contributed by atoms with van der Waals surface area (Å²) in [5.41, 5.74) is 1.36. The Labute approximate surface area is 136 Å². The van der Waals surface area contributed by atoms with Crippen molar-refractivity contribution in [3.05, 3.63) is 46.4 Å². The molecule has 2 nitrogen and oxygen atoms in total. The molecule has 1 aliphatic heterocycles. The molecule has 21 heavy (non-hydrogen) atoms. The molecule has 0 fully saturated rings. The molecule has 0 saturated carbocycles. The molecule has 1 atom stereocenters. The molecule has 0 bridgehead atoms. The van der Waals surface area contributed by atoms with E-state index in [1.54, 1.807) is 0 Å². The zero-order valence-electron chi connectivity index (χ0n) is 12.6. The van der Waals surface area contributed by atoms with Gasteiger partial charge >= 0.3 is 0 Å². The SMILES string of the molecule is CN(C)CCCN1c2ccccc2SC2=CC=C(Cl)CC21. The number of hydrogen-bond donors (Lipinski definition) is 0. The van der Waals surface area contributed by atoms with E-state index in [1.807, 2.05) is 17.8 Å². The number of halogens is 1. The van der Waals surface area contributed by atoms with Crippen molar-refractivity contribution in [2.75, 3.05) is 32.1 Å². The van der Waals surface area contributed by atoms with Gasteiger partial charge in [-0.15, -0.1) is 0 Å². The van der Waals surface area contributed by atoms with Crippen molar-refractivity contribution in [3.63, 3.8) is 0 Å². The Balaban J connectivity index is 1.87. The Bertz CT molecular complexity index is 580. The summed E-state index contributed by atoms with van der Waals surface area (Å²) in [4.78, 5) is 7.56. The number of thioether (sulfide) groups is 1. The molecule has 0 aromatic heterocycles. The van der Waals surface area contributed by atoms with Crippen LogP contribution in [0, 0.1) is 0 Å². The molecule has 3 rings (SSSR count). The highest BCUT2D eigenvalue weighted by Gasteiger charge is 2.31. The van der Waals surface area contributed by atoms with Gasteiger partial charge in [0, 0.05) is 27.8 Å². The Hall–Kier alpha value is -0.900. The molecule has 4 heteroatoms. The zero-order chi connectivity index (χ0) is 14.8. The molecule has 0 spiro atoms. The molecule has 0 N–H and O–H groups in total. The number of anilines is 1. The second-order valence-corrected chi connectivity index (χ2v) is 7.42. The summed E-state index contributed by atoms with van der Waals surface area (Å²) in [6, 6.07) is 9.12. The molecular weight excluding hydrogens is 300 g/mol. The summed E-state index contributed by atoms with van der Waals surface area (Å²) >= 11 is 8.18. The van der Waals surface area contributed by atoms with Crippen LogP contribution in [0.3, 0.4) is 0 Å². The maximum absolute atomic E-state index is 6.29. The number of nitrogens with zero attached hydrogens (tertiary/aromatic N) is 2. The van der Waals surface area contributed by atoms with Gasteiger partial charge in [0.1, 0.15) is 0 Å². The first-order valence-corrected chi connectivity index (χ1v) is 8.59. The van der Waals surface area contributed by atoms with E-state index in [0.717, 1.165) is 31.0 Å². The van der Waals surface area contributed by atoms with Crippen molar-refractivity contribution in [1.29, 1.82) is 0 Å². The summed E-state index contributed by atoms with van der Waals surface area (Å²) in [5.74, 6) is 0. The summed E-state index contributed by atoms with van der Waals surface area (Å²) in [5, 5.41) is 0.960. The van der Waals surface area contributed by atoms with Crippen LogP contribution in [0.25, 0.3) is 0 Å². The Morgan fingerprint density at radius 2 is 2.10 bits per heavy atom. The lowest BCUT2D eigenvalue weighted by Crippen LogP contribution is -2.41. The molecule has 1 unspecified atom stereocenters. The van der Waals surface area contributed by atoms with Gasteiger partial charge < -0.3 is 9.80 Å². The van der Waals surface area contributed by atoms with Crippen LogP contribution in [0.2, 0.25) is 0 Å². The van der Waals surface area contributed by atoms with E-state index in [-0.39, 0.29) is 0 Å². The van der Waals surface area contributed by atoms with Crippen LogP contribution in [0.15, 0.2) is 51.3 Å². The molecule has 1 aromatic rings. The van der Waals surface area contributed by atoms with E-state index in [9.17, 15) is 0 Å². The van der Waals surface area contributed by atoms with Gasteiger partial charge in [-0.05, 0) is 51.3 Å². The molecule has 0 amide bonds. The van der Waals surface area contributed by atoms with Crippen LogP contribution >= 0.6 is 23.4 Å². The fourth-order valence-corrected chi connectivity index (χ4v) is 4.29. The fraction of sp³-hybridized carbons (Fsp3) is 0.412. The lowest BCUT2D eigenvalue weighted by Gasteiger charge is -2.41. The largest absolute Gasteiger partial charge is 0.363 e. The molecule has 1 heterocycles. The van der Waals surface area contributed by atoms with Crippen molar-refractivity contribution >= 4 is 29.1 Å². The highest BCUT2D eigenvalue weighted by Crippen LogP contribution is 2.47. The summed E-state index contributed by atoms with van der Waals surface area (Å²) < 4.78 is 0. The summed E-state index contributed by atoms with van der Waals surface area (Å²) in [7, 11) is 4.26. The van der Waals surface area contributed by atoms with E-state index >= 15 is 0 Å². The molecular formula is C17H21ClN2S. The minimum atomic E-state index is 0.407. The third-order valence-corrected chi connectivity index (χ3v) is 5.42. The predicted octanol–water partition coefficient (Wildman–Crippen LogP) is 4.33. The Kier molecular flexibility index (Phi) is 4.63. The number of fused-ring (bicyclic) bond motifs is 2. The zero-order valence-corrected chi connectivity index (χ0v) is 14.1. The Morgan fingerprint density at radius 1 is 1.29 bits per heavy atom. The third-order valence-electron chi connectivity index (χ3n) is 3.93. The quantitative estimate of drug-likeness (QED) is 0.815. The summed E-state index contributed by atoms with van der Waals surface area (Å²) in [6.07, 6.45) is 6.33. The van der Waals surface area contributed by atoms with Crippen LogP contribution < -0.4 is 4.90 Å². The van der Waals surface area contributed by atoms with Crippen LogP contribution in [0.1, 0.15) is 12.8 Å². The van der Waals surface area contributed by atoms with Crippen molar-refractivity contribution < 1.29 is 0 Å². The standard InChI is InChI=1S/C17H21ClN2S/c1-19(2)10-5-11-20-14-6-3-4-7-16(14)21-17-9-8-13(18)12-15(17)20/h3-4,6-9,15H,5,10-12H2,1-2H3. The second-order valence-electron chi connectivity index (χ2n) is 5.82. The number of hydrogen-bond acceptors (Lipinski definition) is 3. The van der Waals surface area contributed by atoms with Gasteiger partial charge in [-0.25, -0.2) is 0 Å². The predicted molar refractivity (Wildman–Crippen MR) is 93.2 cm³/mol. The van der Waals surface area contributed by atoms with Crippen LogP contribution in [-0.4, -0.2) is 38.1 Å². The minimum Gasteiger partial charge on any atom is -0.363 e. The number of para-hydroxylation sites is 1. The van der Waals surface area contributed by atoms with Gasteiger partial charge in [-0.2, -0.15) is 0 Å². The molecule has 2 aliphatic rings. The van der Waals surface area contributed by atoms with Crippen molar-refractivity contribution in [2.45, 2.75) is 23.8 Å². The van der Waals surface area contributed by atoms with Gasteiger partial charge in [0.25, 0.3) is 0 Å². The lowest BCUT2D eigenvalue weighted by molar-refractivity contribution is 0.398. The third kappa shape index (κ3) is 3.31. The second kappa shape index (κ2) is 6.47. The number of rotatable bonds is 4. The van der Waals surface area contributed by atoms with Gasteiger partial charge in [-0.1, -0.05) is 35.5 Å². The molecule has 0 radical (unpaired) electrons. The maximum Gasteiger partial charge on any atom is 0.0654 e.